The van der Waals surface area contributed by atoms with Gasteiger partial charge < -0.3 is 10.4 Å². The van der Waals surface area contributed by atoms with Gasteiger partial charge in [0.15, 0.2) is 6.04 Å². The van der Waals surface area contributed by atoms with Crippen LogP contribution in [0.4, 0.5) is 5.69 Å². The molecule has 4 heteroatoms. The molecule has 110 valence electrons. The molecule has 0 aliphatic carbocycles. The van der Waals surface area contributed by atoms with Crippen LogP contribution in [-0.4, -0.2) is 11.1 Å². The lowest BCUT2D eigenvalue weighted by Gasteiger charge is -2.21. The highest BCUT2D eigenvalue weighted by Gasteiger charge is 2.23. The van der Waals surface area contributed by atoms with Crippen molar-refractivity contribution in [2.24, 2.45) is 0 Å². The van der Waals surface area contributed by atoms with Crippen molar-refractivity contribution in [1.82, 2.24) is 0 Å². The molecule has 0 aliphatic heterocycles. The highest BCUT2D eigenvalue weighted by atomic mass is 79.9. The summed E-state index contributed by atoms with van der Waals surface area (Å²) in [5, 5.41) is 12.7. The fraction of sp³-hybridized carbons (Fsp3) is 0.235. The third kappa shape index (κ3) is 3.64. The van der Waals surface area contributed by atoms with Gasteiger partial charge in [0, 0.05) is 10.2 Å². The van der Waals surface area contributed by atoms with E-state index in [1.54, 1.807) is 0 Å². The second-order valence-electron chi connectivity index (χ2n) is 5.23. The lowest BCUT2D eigenvalue weighted by Crippen LogP contribution is -2.22. The summed E-state index contributed by atoms with van der Waals surface area (Å²) >= 11 is 3.37. The molecule has 0 radical (unpaired) electrons. The van der Waals surface area contributed by atoms with Crippen LogP contribution in [-0.2, 0) is 4.79 Å². The lowest BCUT2D eigenvalue weighted by molar-refractivity contribution is -0.138. The number of hydrogen-bond donors (Lipinski definition) is 2. The summed E-state index contributed by atoms with van der Waals surface area (Å²) in [7, 11) is 0. The molecule has 2 N–H and O–H groups in total. The van der Waals surface area contributed by atoms with Crippen molar-refractivity contribution in [2.75, 3.05) is 5.32 Å². The predicted octanol–water partition coefficient (Wildman–Crippen LogP) is 4.61. The summed E-state index contributed by atoms with van der Waals surface area (Å²) < 4.78 is 0.961. The molecule has 0 bridgehead atoms. The van der Waals surface area contributed by atoms with E-state index < -0.39 is 12.0 Å². The highest BCUT2D eigenvalue weighted by Crippen LogP contribution is 2.27. The van der Waals surface area contributed by atoms with Gasteiger partial charge in [0.1, 0.15) is 0 Å². The molecule has 0 amide bonds. The maximum Gasteiger partial charge on any atom is 0.330 e. The summed E-state index contributed by atoms with van der Waals surface area (Å²) in [6, 6.07) is 10.8. The molecule has 2 aromatic carbocycles. The van der Waals surface area contributed by atoms with E-state index in [-0.39, 0.29) is 0 Å². The van der Waals surface area contributed by atoms with Crippen LogP contribution in [0.3, 0.4) is 0 Å². The molecule has 2 rings (SSSR count). The van der Waals surface area contributed by atoms with E-state index in [0.717, 1.165) is 32.4 Å². The third-order valence-electron chi connectivity index (χ3n) is 3.43. The Morgan fingerprint density at radius 2 is 1.62 bits per heavy atom. The largest absolute Gasteiger partial charge is 0.479 e. The molecular weight excluding hydrogens is 330 g/mol. The molecule has 1 unspecified atom stereocenters. The number of carboxylic acid groups (broad SMARTS) is 1. The van der Waals surface area contributed by atoms with E-state index >= 15 is 0 Å². The molecule has 0 spiro atoms. The number of hydrogen-bond acceptors (Lipinski definition) is 2. The first-order valence-corrected chi connectivity index (χ1v) is 7.50. The first kappa shape index (κ1) is 15.6. The van der Waals surface area contributed by atoms with E-state index in [9.17, 15) is 9.90 Å². The fourth-order valence-corrected chi connectivity index (χ4v) is 2.88. The van der Waals surface area contributed by atoms with Crippen LogP contribution in [0.25, 0.3) is 0 Å². The average molecular weight is 348 g/mol. The molecular formula is C17H18BrNO2. The van der Waals surface area contributed by atoms with E-state index in [0.29, 0.717) is 0 Å². The second kappa shape index (κ2) is 6.31. The van der Waals surface area contributed by atoms with Crippen LogP contribution < -0.4 is 5.32 Å². The van der Waals surface area contributed by atoms with Crippen molar-refractivity contribution in [2.45, 2.75) is 26.8 Å². The Balaban J connectivity index is 2.40. The van der Waals surface area contributed by atoms with Gasteiger partial charge in [-0.3, -0.25) is 0 Å². The van der Waals surface area contributed by atoms with Gasteiger partial charge in [-0.05, 0) is 61.7 Å². The van der Waals surface area contributed by atoms with Gasteiger partial charge >= 0.3 is 5.97 Å². The second-order valence-corrected chi connectivity index (χ2v) is 6.15. The van der Waals surface area contributed by atoms with Crippen LogP contribution in [0.1, 0.15) is 28.3 Å². The van der Waals surface area contributed by atoms with Crippen LogP contribution >= 0.6 is 15.9 Å². The van der Waals surface area contributed by atoms with Gasteiger partial charge in [-0.1, -0.05) is 33.6 Å². The maximum atomic E-state index is 11.7. The Kier molecular flexibility index (Phi) is 4.68. The van der Waals surface area contributed by atoms with Crippen molar-refractivity contribution >= 4 is 27.6 Å². The summed E-state index contributed by atoms with van der Waals surface area (Å²) in [5.41, 5.74) is 4.73. The van der Waals surface area contributed by atoms with Crippen molar-refractivity contribution in [3.63, 3.8) is 0 Å². The van der Waals surface area contributed by atoms with Crippen LogP contribution in [0.2, 0.25) is 0 Å². The van der Waals surface area contributed by atoms with Crippen LogP contribution in [0.5, 0.6) is 0 Å². The van der Waals surface area contributed by atoms with Gasteiger partial charge in [-0.25, -0.2) is 4.79 Å². The zero-order valence-electron chi connectivity index (χ0n) is 12.3. The summed E-state index contributed by atoms with van der Waals surface area (Å²) in [4.78, 5) is 11.7. The Labute approximate surface area is 133 Å². The summed E-state index contributed by atoms with van der Waals surface area (Å²) in [5.74, 6) is -0.882. The topological polar surface area (TPSA) is 49.3 Å². The quantitative estimate of drug-likeness (QED) is 0.848. The van der Waals surface area contributed by atoms with E-state index in [4.69, 9.17) is 0 Å². The summed E-state index contributed by atoms with van der Waals surface area (Å²) in [6.45, 7) is 5.92. The number of halogens is 1. The zero-order chi connectivity index (χ0) is 15.6. The van der Waals surface area contributed by atoms with E-state index in [2.05, 4.69) is 21.2 Å². The number of rotatable bonds is 4. The number of anilines is 1. The van der Waals surface area contributed by atoms with Gasteiger partial charge in [0.2, 0.25) is 0 Å². The van der Waals surface area contributed by atoms with Crippen LogP contribution in [0.15, 0.2) is 40.9 Å². The number of benzene rings is 2. The van der Waals surface area contributed by atoms with Crippen molar-refractivity contribution in [3.8, 4) is 0 Å². The lowest BCUT2D eigenvalue weighted by atomic mass is 9.94. The average Bonchev–Trinajstić information content (AvgIpc) is 2.38. The molecule has 0 saturated heterocycles. The third-order valence-corrected chi connectivity index (χ3v) is 3.96. The standard InChI is InChI=1S/C17H18BrNO2/c1-10-8-11(2)15(12(3)9-10)16(17(20)21)19-14-6-4-13(18)5-7-14/h4-9,16,19H,1-3H3,(H,20,21). The van der Waals surface area contributed by atoms with E-state index in [1.165, 1.54) is 0 Å². The smallest absolute Gasteiger partial charge is 0.330 e. The molecule has 1 atom stereocenters. The van der Waals surface area contributed by atoms with Crippen LogP contribution in [0, 0.1) is 20.8 Å². The molecule has 0 saturated carbocycles. The SMILES string of the molecule is Cc1cc(C)c(C(Nc2ccc(Br)cc2)C(=O)O)c(C)c1. The molecule has 3 nitrogen and oxygen atoms in total. The van der Waals surface area contributed by atoms with Gasteiger partial charge in [-0.2, -0.15) is 0 Å². The first-order valence-electron chi connectivity index (χ1n) is 6.71. The first-order chi connectivity index (χ1) is 9.88. The number of carboxylic acids is 1. The van der Waals surface area contributed by atoms with Gasteiger partial charge in [-0.15, -0.1) is 0 Å². The molecule has 2 aromatic rings. The molecule has 0 aliphatic rings. The predicted molar refractivity (Wildman–Crippen MR) is 88.8 cm³/mol. The molecule has 0 aromatic heterocycles. The molecule has 21 heavy (non-hydrogen) atoms. The summed E-state index contributed by atoms with van der Waals surface area (Å²) in [6.07, 6.45) is 0. The minimum absolute atomic E-state index is 0.758. The molecule has 0 fully saturated rings. The highest BCUT2D eigenvalue weighted by molar-refractivity contribution is 9.10. The Morgan fingerprint density at radius 1 is 1.10 bits per heavy atom. The monoisotopic (exact) mass is 347 g/mol. The van der Waals surface area contributed by atoms with Crippen molar-refractivity contribution < 1.29 is 9.90 Å². The van der Waals surface area contributed by atoms with E-state index in [1.807, 2.05) is 57.2 Å². The van der Waals surface area contributed by atoms with Gasteiger partial charge in [0.25, 0.3) is 0 Å². The number of aryl methyl sites for hydroxylation is 3. The minimum Gasteiger partial charge on any atom is -0.479 e. The maximum absolute atomic E-state index is 11.7. The van der Waals surface area contributed by atoms with Gasteiger partial charge in [0.05, 0.1) is 0 Å². The minimum atomic E-state index is -0.882. The number of carbonyl (C=O) groups is 1. The van der Waals surface area contributed by atoms with Crippen molar-refractivity contribution in [3.05, 3.63) is 63.1 Å². The Bertz CT molecular complexity index is 642. The normalized spacial score (nSPS) is 12.0. The Hall–Kier alpha value is -1.81. The number of aliphatic carboxylic acids is 1. The Morgan fingerprint density at radius 3 is 2.10 bits per heavy atom. The zero-order valence-corrected chi connectivity index (χ0v) is 13.9. The number of nitrogens with one attached hydrogen (secondary N) is 1. The molecule has 0 heterocycles. The van der Waals surface area contributed by atoms with Crippen molar-refractivity contribution in [1.29, 1.82) is 0 Å². The fourth-order valence-electron chi connectivity index (χ4n) is 2.62.